The van der Waals surface area contributed by atoms with Gasteiger partial charge in [-0.05, 0) is 83.0 Å². The van der Waals surface area contributed by atoms with Gasteiger partial charge in [0.2, 0.25) is 27.8 Å². The van der Waals surface area contributed by atoms with Gasteiger partial charge in [0.05, 0.1) is 4.90 Å². The highest BCUT2D eigenvalue weighted by Gasteiger charge is 2.23. The van der Waals surface area contributed by atoms with Crippen molar-refractivity contribution in [3.8, 4) is 0 Å². The minimum absolute atomic E-state index is 0.161. The minimum atomic E-state index is -3.69. The Morgan fingerprint density at radius 2 is 1.60 bits per heavy atom. The van der Waals surface area contributed by atoms with Gasteiger partial charge in [-0.15, -0.1) is 0 Å². The topological polar surface area (TPSA) is 163 Å². The molecule has 0 radical (unpaired) electrons. The zero-order valence-electron chi connectivity index (χ0n) is 26.5. The number of aromatic nitrogens is 2. The molecule has 2 aromatic carbocycles. The third kappa shape index (κ3) is 10.1. The summed E-state index contributed by atoms with van der Waals surface area (Å²) in [6, 6.07) is 14.6. The number of hydrogen-bond acceptors (Lipinski definition) is 9. The number of unbranched alkanes of at least 4 members (excludes halogenated alkanes) is 2. The van der Waals surface area contributed by atoms with Crippen LogP contribution in [0.4, 0.5) is 28.8 Å². The lowest BCUT2D eigenvalue weighted by Crippen LogP contribution is -2.48. The number of aryl methyl sites for hydroxylation is 1. The lowest BCUT2D eigenvalue weighted by Gasteiger charge is -2.36. The summed E-state index contributed by atoms with van der Waals surface area (Å²) < 4.78 is 28.3. The number of carbonyl (C=O) groups is 2. The average Bonchev–Trinajstić information content (AvgIpc) is 2.98. The zero-order chi connectivity index (χ0) is 32.6. The third-order valence-electron chi connectivity index (χ3n) is 7.25. The summed E-state index contributed by atoms with van der Waals surface area (Å²) in [7, 11) is -3.69. The molecule has 0 unspecified atom stereocenters. The predicted molar refractivity (Wildman–Crippen MR) is 177 cm³/mol. The molecule has 4 rings (SSSR count). The minimum Gasteiger partial charge on any atom is -0.370 e. The highest BCUT2D eigenvalue weighted by Crippen LogP contribution is 2.25. The molecule has 1 aliphatic rings. The smallest absolute Gasteiger partial charge is 0.241 e. The van der Waals surface area contributed by atoms with E-state index in [-0.39, 0.29) is 16.7 Å². The number of primary amides is 1. The molecule has 0 bridgehead atoms. The van der Waals surface area contributed by atoms with Crippen LogP contribution < -0.4 is 26.0 Å². The lowest BCUT2D eigenvalue weighted by atomic mass is 10.1. The molecule has 13 heteroatoms. The Balaban J connectivity index is 1.31. The first kappa shape index (κ1) is 33.7. The molecule has 1 saturated heterocycles. The van der Waals surface area contributed by atoms with Crippen LogP contribution in [-0.4, -0.2) is 66.8 Å². The molecular formula is C32H44N8O4S. The van der Waals surface area contributed by atoms with Gasteiger partial charge in [0, 0.05) is 73.4 Å². The van der Waals surface area contributed by atoms with E-state index in [1.165, 1.54) is 0 Å². The fraction of sp³-hybridized carbons (Fsp3) is 0.438. The molecule has 0 saturated carbocycles. The fourth-order valence-corrected chi connectivity index (χ4v) is 6.44. The van der Waals surface area contributed by atoms with Crippen LogP contribution in [0.5, 0.6) is 0 Å². The molecule has 45 heavy (non-hydrogen) atoms. The number of benzene rings is 2. The lowest BCUT2D eigenvalue weighted by molar-refractivity contribution is -0.131. The molecular weight excluding hydrogens is 592 g/mol. The molecule has 1 fully saturated rings. The Kier molecular flexibility index (Phi) is 11.0. The Morgan fingerprint density at radius 3 is 2.27 bits per heavy atom. The number of anilines is 5. The van der Waals surface area contributed by atoms with Gasteiger partial charge in [0.25, 0.3) is 0 Å². The molecule has 2 heterocycles. The van der Waals surface area contributed by atoms with Crippen molar-refractivity contribution in [3.05, 3.63) is 60.3 Å². The van der Waals surface area contributed by atoms with Crippen molar-refractivity contribution in [2.75, 3.05) is 41.7 Å². The van der Waals surface area contributed by atoms with E-state index in [9.17, 15) is 18.0 Å². The second-order valence-electron chi connectivity index (χ2n) is 12.3. The van der Waals surface area contributed by atoms with Crippen LogP contribution in [0, 0.1) is 6.92 Å². The number of nitrogens with one attached hydrogen (secondary N) is 3. The number of nitrogens with zero attached hydrogens (tertiary/aromatic N) is 4. The van der Waals surface area contributed by atoms with Crippen molar-refractivity contribution in [1.29, 1.82) is 0 Å². The Morgan fingerprint density at radius 1 is 0.911 bits per heavy atom. The standard InChI is InChI=1S/C32H44N8O4S/c1-23-22-34-31(37-30(23)35-25-9-8-10-27(21-25)45(43,44)38-32(2,3)4)36-24-13-15-26(16-14-24)39-17-19-40(20-18-39)29(42)12-7-5-6-11-28(33)41/h8-10,13-16,21-22,38H,5-7,11-12,17-20H2,1-4H3,(H2,33,41)(H2,34,35,36,37). The van der Waals surface area contributed by atoms with Gasteiger partial charge < -0.3 is 26.2 Å². The van der Waals surface area contributed by atoms with Crippen LogP contribution >= 0.6 is 0 Å². The second kappa shape index (κ2) is 14.7. The molecule has 3 aromatic rings. The number of carbonyl (C=O) groups excluding carboxylic acids is 2. The second-order valence-corrected chi connectivity index (χ2v) is 14.0. The number of hydrogen-bond donors (Lipinski definition) is 4. The van der Waals surface area contributed by atoms with E-state index in [1.807, 2.05) is 36.1 Å². The molecule has 2 amide bonds. The van der Waals surface area contributed by atoms with E-state index in [4.69, 9.17) is 5.73 Å². The molecule has 5 N–H and O–H groups in total. The van der Waals surface area contributed by atoms with Crippen LogP contribution in [0.1, 0.15) is 58.4 Å². The number of amides is 2. The quantitative estimate of drug-likeness (QED) is 0.199. The molecule has 0 atom stereocenters. The van der Waals surface area contributed by atoms with Crippen molar-refractivity contribution in [2.24, 2.45) is 5.73 Å². The van der Waals surface area contributed by atoms with Crippen LogP contribution in [-0.2, 0) is 19.6 Å². The molecule has 1 aromatic heterocycles. The first-order valence-corrected chi connectivity index (χ1v) is 16.7. The maximum atomic E-state index is 12.8. The number of nitrogens with two attached hydrogens (primary N) is 1. The first-order valence-electron chi connectivity index (χ1n) is 15.2. The average molecular weight is 637 g/mol. The maximum Gasteiger partial charge on any atom is 0.241 e. The largest absolute Gasteiger partial charge is 0.370 e. The number of rotatable bonds is 13. The van der Waals surface area contributed by atoms with Crippen molar-refractivity contribution in [3.63, 3.8) is 0 Å². The van der Waals surface area contributed by atoms with Crippen molar-refractivity contribution in [2.45, 2.75) is 70.2 Å². The number of piperazine rings is 1. The van der Waals surface area contributed by atoms with E-state index in [0.29, 0.717) is 43.4 Å². The maximum absolute atomic E-state index is 12.8. The highest BCUT2D eigenvalue weighted by atomic mass is 32.2. The summed E-state index contributed by atoms with van der Waals surface area (Å²) in [5.41, 5.74) is 7.85. The molecule has 0 aliphatic carbocycles. The van der Waals surface area contributed by atoms with Gasteiger partial charge in [-0.3, -0.25) is 9.59 Å². The van der Waals surface area contributed by atoms with E-state index in [1.54, 1.807) is 51.2 Å². The Bertz CT molecular complexity index is 1580. The summed E-state index contributed by atoms with van der Waals surface area (Å²) in [5.74, 6) is 0.822. The summed E-state index contributed by atoms with van der Waals surface area (Å²) in [5, 5.41) is 6.46. The molecule has 0 spiro atoms. The summed E-state index contributed by atoms with van der Waals surface area (Å²) in [4.78, 5) is 36.8. The Hall–Kier alpha value is -4.23. The molecule has 1 aliphatic heterocycles. The fourth-order valence-electron chi connectivity index (χ4n) is 4.98. The van der Waals surface area contributed by atoms with Crippen LogP contribution in [0.2, 0.25) is 0 Å². The monoisotopic (exact) mass is 636 g/mol. The molecule has 12 nitrogen and oxygen atoms in total. The first-order chi connectivity index (χ1) is 21.3. The van der Waals surface area contributed by atoms with Crippen molar-refractivity contribution < 1.29 is 18.0 Å². The summed E-state index contributed by atoms with van der Waals surface area (Å²) in [6.07, 6.45) is 4.91. The normalized spacial score (nSPS) is 13.9. The van der Waals surface area contributed by atoms with Crippen LogP contribution in [0.3, 0.4) is 0 Å². The predicted octanol–water partition coefficient (Wildman–Crippen LogP) is 4.43. The van der Waals surface area contributed by atoms with E-state index in [0.717, 1.165) is 49.3 Å². The van der Waals surface area contributed by atoms with Crippen LogP contribution in [0.15, 0.2) is 59.6 Å². The van der Waals surface area contributed by atoms with E-state index in [2.05, 4.69) is 30.2 Å². The highest BCUT2D eigenvalue weighted by molar-refractivity contribution is 7.89. The number of sulfonamides is 1. The van der Waals surface area contributed by atoms with Gasteiger partial charge in [-0.2, -0.15) is 4.98 Å². The van der Waals surface area contributed by atoms with Crippen molar-refractivity contribution >= 4 is 50.7 Å². The SMILES string of the molecule is Cc1cnc(Nc2ccc(N3CCN(C(=O)CCCCCC(N)=O)CC3)cc2)nc1Nc1cccc(S(=O)(=O)NC(C)(C)C)c1. The van der Waals surface area contributed by atoms with E-state index < -0.39 is 15.6 Å². The van der Waals surface area contributed by atoms with Gasteiger partial charge >= 0.3 is 0 Å². The van der Waals surface area contributed by atoms with E-state index >= 15 is 0 Å². The van der Waals surface area contributed by atoms with Crippen molar-refractivity contribution in [1.82, 2.24) is 19.6 Å². The van der Waals surface area contributed by atoms with Gasteiger partial charge in [-0.25, -0.2) is 18.1 Å². The zero-order valence-corrected chi connectivity index (χ0v) is 27.3. The molecule has 242 valence electrons. The third-order valence-corrected chi connectivity index (χ3v) is 9.01. The van der Waals surface area contributed by atoms with Gasteiger partial charge in [0.1, 0.15) is 5.82 Å². The summed E-state index contributed by atoms with van der Waals surface area (Å²) in [6.45, 7) is 10.1. The van der Waals surface area contributed by atoms with Gasteiger partial charge in [-0.1, -0.05) is 12.5 Å². The Labute approximate surface area is 265 Å². The van der Waals surface area contributed by atoms with Crippen LogP contribution in [0.25, 0.3) is 0 Å². The van der Waals surface area contributed by atoms with Gasteiger partial charge in [0.15, 0.2) is 0 Å². The summed E-state index contributed by atoms with van der Waals surface area (Å²) >= 11 is 0.